The van der Waals surface area contributed by atoms with Gasteiger partial charge in [0.15, 0.2) is 0 Å². The van der Waals surface area contributed by atoms with E-state index in [4.69, 9.17) is 19.6 Å². The van der Waals surface area contributed by atoms with Crippen molar-refractivity contribution in [2.24, 2.45) is 13.0 Å². The molecular weight excluding hydrogens is 544 g/mol. The van der Waals surface area contributed by atoms with Crippen LogP contribution in [0, 0.1) is 17.8 Å². The monoisotopic (exact) mass is 580 g/mol. The lowest BCUT2D eigenvalue weighted by atomic mass is 10.1. The van der Waals surface area contributed by atoms with Crippen molar-refractivity contribution < 1.29 is 9.47 Å². The Kier molecular flexibility index (Phi) is 7.57. The molecule has 7 rings (SSSR count). The van der Waals surface area contributed by atoms with Crippen LogP contribution >= 0.6 is 0 Å². The van der Waals surface area contributed by atoms with Gasteiger partial charge in [-0.25, -0.2) is 4.98 Å². The number of fused-ring (bicyclic) bond motifs is 1. The summed E-state index contributed by atoms with van der Waals surface area (Å²) in [7, 11) is 4.02. The summed E-state index contributed by atoms with van der Waals surface area (Å²) >= 11 is 0. The molecule has 3 fully saturated rings. The van der Waals surface area contributed by atoms with E-state index in [1.54, 1.807) is 15.4 Å². The summed E-state index contributed by atoms with van der Waals surface area (Å²) in [6.07, 6.45) is 6.01. The summed E-state index contributed by atoms with van der Waals surface area (Å²) in [6, 6.07) is 9.97. The second-order valence-corrected chi connectivity index (χ2v) is 11.6. The highest BCUT2D eigenvalue weighted by Crippen LogP contribution is 2.28. The summed E-state index contributed by atoms with van der Waals surface area (Å²) in [6.45, 7) is 5.70. The Labute approximate surface area is 250 Å². The van der Waals surface area contributed by atoms with Crippen molar-refractivity contribution in [1.82, 2.24) is 29.2 Å². The lowest BCUT2D eigenvalue weighted by molar-refractivity contribution is -0.0208. The van der Waals surface area contributed by atoms with Crippen LogP contribution in [0.15, 0.2) is 47.5 Å². The fraction of sp³-hybridized carbons (Fsp3) is 0.438. The van der Waals surface area contributed by atoms with E-state index in [1.807, 2.05) is 31.4 Å². The zero-order valence-corrected chi connectivity index (χ0v) is 24.6. The van der Waals surface area contributed by atoms with Crippen LogP contribution in [0.3, 0.4) is 0 Å². The summed E-state index contributed by atoms with van der Waals surface area (Å²) < 4.78 is 15.0. The molecule has 43 heavy (non-hydrogen) atoms. The molecule has 222 valence electrons. The van der Waals surface area contributed by atoms with Gasteiger partial charge in [-0.15, -0.1) is 0 Å². The number of morpholine rings is 2. The number of ether oxygens (including phenoxy) is 2. The van der Waals surface area contributed by atoms with Crippen LogP contribution < -0.4 is 15.8 Å². The largest absolute Gasteiger partial charge is 0.378 e. The Morgan fingerprint density at radius 1 is 1.07 bits per heavy atom. The molecule has 0 amide bonds. The molecule has 11 nitrogen and oxygen atoms in total. The van der Waals surface area contributed by atoms with Gasteiger partial charge >= 0.3 is 0 Å². The van der Waals surface area contributed by atoms with E-state index in [0.717, 1.165) is 73.6 Å². The van der Waals surface area contributed by atoms with Crippen LogP contribution in [-0.2, 0) is 23.1 Å². The van der Waals surface area contributed by atoms with E-state index in [0.29, 0.717) is 36.3 Å². The molecule has 1 saturated carbocycles. The lowest BCUT2D eigenvalue weighted by Crippen LogP contribution is -2.37. The summed E-state index contributed by atoms with van der Waals surface area (Å²) in [5.74, 6) is 7.18. The number of aromatic nitrogens is 5. The van der Waals surface area contributed by atoms with Gasteiger partial charge in [-0.3, -0.25) is 14.0 Å². The van der Waals surface area contributed by atoms with Crippen molar-refractivity contribution in [3.05, 3.63) is 69.9 Å². The average molecular weight is 581 g/mol. The van der Waals surface area contributed by atoms with Gasteiger partial charge in [0.05, 0.1) is 43.7 Å². The molecule has 1 atom stereocenters. The number of rotatable bonds is 6. The van der Waals surface area contributed by atoms with Gasteiger partial charge in [0.2, 0.25) is 5.95 Å². The molecule has 2 aliphatic heterocycles. The zero-order valence-electron chi connectivity index (χ0n) is 24.6. The van der Waals surface area contributed by atoms with Crippen molar-refractivity contribution in [3.63, 3.8) is 0 Å². The van der Waals surface area contributed by atoms with Crippen molar-refractivity contribution in [2.75, 3.05) is 63.3 Å². The molecule has 4 aromatic rings. The average Bonchev–Trinajstić information content (AvgIpc) is 3.78. The SMILES string of the molecule is CN1CCOC(c2ccc(Nc3ncc4cc(C#CC5CC5)c(=O)n(Cc5nn(C)cc5N5CCOCC5)c4n3)cc2)C1. The maximum absolute atomic E-state index is 13.9. The highest BCUT2D eigenvalue weighted by atomic mass is 16.5. The number of hydrogen-bond donors (Lipinski definition) is 1. The van der Waals surface area contributed by atoms with Crippen molar-refractivity contribution in [1.29, 1.82) is 0 Å². The predicted octanol–water partition coefficient (Wildman–Crippen LogP) is 2.92. The van der Waals surface area contributed by atoms with Gasteiger partial charge in [-0.05, 0) is 43.7 Å². The quantitative estimate of drug-likeness (QED) is 0.345. The first-order valence-electron chi connectivity index (χ1n) is 14.9. The van der Waals surface area contributed by atoms with Gasteiger partial charge in [0, 0.05) is 62.6 Å². The first-order valence-corrected chi connectivity index (χ1v) is 14.9. The standard InChI is InChI=1S/C32H36N8O3/c1-37-11-16-43-29(21-37)23-7-9-26(10-8-23)34-32-33-18-25-17-24(6-5-22-3-4-22)31(41)40(30(25)35-32)19-27-28(20-38(2)36-27)39-12-14-42-15-13-39/h7-10,17-18,20,22,29H,3-4,11-16,19,21H2,1-2H3,(H,33,34,35). The number of anilines is 3. The lowest BCUT2D eigenvalue weighted by Gasteiger charge is -2.30. The van der Waals surface area contributed by atoms with Crippen molar-refractivity contribution in [3.8, 4) is 11.8 Å². The van der Waals surface area contributed by atoms with Gasteiger partial charge in [-0.2, -0.15) is 10.1 Å². The number of benzene rings is 1. The molecule has 3 aliphatic rings. The van der Waals surface area contributed by atoms with E-state index in [2.05, 4.69) is 51.1 Å². The molecule has 3 aromatic heterocycles. The second kappa shape index (κ2) is 11.8. The zero-order chi connectivity index (χ0) is 29.3. The molecule has 0 spiro atoms. The Morgan fingerprint density at radius 2 is 1.88 bits per heavy atom. The molecule has 1 aliphatic carbocycles. The molecule has 1 unspecified atom stereocenters. The van der Waals surface area contributed by atoms with E-state index in [-0.39, 0.29) is 18.2 Å². The fourth-order valence-electron chi connectivity index (χ4n) is 5.61. The highest BCUT2D eigenvalue weighted by molar-refractivity contribution is 5.77. The highest BCUT2D eigenvalue weighted by Gasteiger charge is 2.22. The van der Waals surface area contributed by atoms with Crippen LogP contribution in [0.2, 0.25) is 0 Å². The smallest absolute Gasteiger partial charge is 0.268 e. The predicted molar refractivity (Wildman–Crippen MR) is 165 cm³/mol. The van der Waals surface area contributed by atoms with Gasteiger partial charge in [-0.1, -0.05) is 24.0 Å². The normalized spacial score (nSPS) is 19.3. The minimum atomic E-state index is -0.175. The number of likely N-dealkylation sites (N-methyl/N-ethyl adjacent to an activating group) is 1. The molecule has 2 saturated heterocycles. The molecule has 11 heteroatoms. The minimum Gasteiger partial charge on any atom is -0.378 e. The van der Waals surface area contributed by atoms with E-state index < -0.39 is 0 Å². The Morgan fingerprint density at radius 3 is 2.65 bits per heavy atom. The molecule has 5 heterocycles. The number of nitrogens with one attached hydrogen (secondary N) is 1. The summed E-state index contributed by atoms with van der Waals surface area (Å²) in [5, 5.41) is 8.82. The molecular formula is C32H36N8O3. The number of pyridine rings is 1. The van der Waals surface area contributed by atoms with E-state index >= 15 is 0 Å². The Bertz CT molecular complexity index is 1740. The molecule has 0 radical (unpaired) electrons. The fourth-order valence-corrected chi connectivity index (χ4v) is 5.61. The van der Waals surface area contributed by atoms with Crippen LogP contribution in [0.1, 0.15) is 35.8 Å². The maximum atomic E-state index is 13.9. The van der Waals surface area contributed by atoms with E-state index in [9.17, 15) is 4.79 Å². The van der Waals surface area contributed by atoms with Gasteiger partial charge in [0.1, 0.15) is 11.3 Å². The number of nitrogens with zero attached hydrogens (tertiary/aromatic N) is 7. The number of aryl methyl sites for hydroxylation is 1. The van der Waals surface area contributed by atoms with E-state index in [1.165, 1.54) is 0 Å². The van der Waals surface area contributed by atoms with Crippen LogP contribution in [0.4, 0.5) is 17.3 Å². The molecule has 0 bridgehead atoms. The number of hydrogen-bond acceptors (Lipinski definition) is 9. The molecule has 1 aromatic carbocycles. The minimum absolute atomic E-state index is 0.0605. The summed E-state index contributed by atoms with van der Waals surface area (Å²) in [4.78, 5) is 27.9. The topological polar surface area (TPSA) is 103 Å². The third kappa shape index (κ3) is 6.13. The van der Waals surface area contributed by atoms with Crippen molar-refractivity contribution >= 4 is 28.4 Å². The van der Waals surface area contributed by atoms with Crippen LogP contribution in [0.25, 0.3) is 11.0 Å². The van der Waals surface area contributed by atoms with Crippen LogP contribution in [0.5, 0.6) is 0 Å². The van der Waals surface area contributed by atoms with Crippen LogP contribution in [-0.4, -0.2) is 82.3 Å². The Balaban J connectivity index is 1.22. The first-order chi connectivity index (χ1) is 21.0. The maximum Gasteiger partial charge on any atom is 0.268 e. The van der Waals surface area contributed by atoms with Crippen molar-refractivity contribution in [2.45, 2.75) is 25.5 Å². The molecule has 1 N–H and O–H groups in total. The third-order valence-corrected chi connectivity index (χ3v) is 8.17. The first kappa shape index (κ1) is 27.6. The Hall–Kier alpha value is -4.24. The summed E-state index contributed by atoms with van der Waals surface area (Å²) in [5.41, 5.74) is 4.61. The van der Waals surface area contributed by atoms with Gasteiger partial charge < -0.3 is 24.6 Å². The second-order valence-electron chi connectivity index (χ2n) is 11.6. The van der Waals surface area contributed by atoms with Gasteiger partial charge in [0.25, 0.3) is 5.56 Å². The third-order valence-electron chi connectivity index (χ3n) is 8.17.